The van der Waals surface area contributed by atoms with Crippen LogP contribution < -0.4 is 4.74 Å². The molecular weight excluding hydrogens is 444 g/mol. The van der Waals surface area contributed by atoms with Crippen molar-refractivity contribution in [3.63, 3.8) is 0 Å². The van der Waals surface area contributed by atoms with E-state index in [4.69, 9.17) is 14.6 Å². The Bertz CT molecular complexity index is 1130. The second kappa shape index (κ2) is 7.61. The van der Waals surface area contributed by atoms with Gasteiger partial charge in [-0.1, -0.05) is 58.4 Å². The van der Waals surface area contributed by atoms with Gasteiger partial charge in [0.15, 0.2) is 0 Å². The molecule has 0 saturated carbocycles. The summed E-state index contributed by atoms with van der Waals surface area (Å²) >= 11 is 3.49. The molecule has 5 rings (SSSR count). The molecule has 0 aromatic heterocycles. The Morgan fingerprint density at radius 1 is 1.07 bits per heavy atom. The average Bonchev–Trinajstić information content (AvgIpc) is 3.24. The largest absolute Gasteiger partial charge is 0.465 e. The molecule has 2 aliphatic heterocycles. The van der Waals surface area contributed by atoms with Gasteiger partial charge in [-0.2, -0.15) is 5.10 Å². The molecule has 0 N–H and O–H groups in total. The number of fused-ring (bicyclic) bond motifs is 3. The molecular formula is C24H19BrN2O3. The number of hydrazone groups is 1. The van der Waals surface area contributed by atoms with Crippen LogP contribution in [0.2, 0.25) is 0 Å². The van der Waals surface area contributed by atoms with Crippen molar-refractivity contribution in [2.45, 2.75) is 18.7 Å². The zero-order chi connectivity index (χ0) is 20.7. The Kier molecular flexibility index (Phi) is 4.79. The highest BCUT2D eigenvalue weighted by atomic mass is 79.9. The molecule has 2 heterocycles. The van der Waals surface area contributed by atoms with Crippen LogP contribution in [0.4, 0.5) is 0 Å². The molecule has 3 aromatic rings. The first-order chi connectivity index (χ1) is 14.6. The molecule has 30 heavy (non-hydrogen) atoms. The van der Waals surface area contributed by atoms with Gasteiger partial charge in [0, 0.05) is 22.0 Å². The minimum absolute atomic E-state index is 0.0962. The van der Waals surface area contributed by atoms with Crippen molar-refractivity contribution in [2.75, 3.05) is 7.11 Å². The minimum Gasteiger partial charge on any atom is -0.465 e. The van der Waals surface area contributed by atoms with E-state index in [1.54, 1.807) is 12.1 Å². The molecule has 6 heteroatoms. The lowest BCUT2D eigenvalue weighted by Crippen LogP contribution is -2.33. The molecule has 0 fully saturated rings. The number of benzene rings is 3. The number of para-hydroxylation sites is 1. The van der Waals surface area contributed by atoms with Crippen LogP contribution in [-0.4, -0.2) is 23.8 Å². The molecule has 2 atom stereocenters. The van der Waals surface area contributed by atoms with Crippen LogP contribution in [0.5, 0.6) is 5.75 Å². The lowest BCUT2D eigenvalue weighted by Gasteiger charge is -2.38. The predicted octanol–water partition coefficient (Wildman–Crippen LogP) is 5.48. The number of hydrogen-bond acceptors (Lipinski definition) is 5. The van der Waals surface area contributed by atoms with Gasteiger partial charge in [0.05, 0.1) is 24.4 Å². The maximum absolute atomic E-state index is 11.8. The Labute approximate surface area is 183 Å². The van der Waals surface area contributed by atoms with Crippen LogP contribution in [-0.2, 0) is 4.74 Å². The molecule has 0 radical (unpaired) electrons. The van der Waals surface area contributed by atoms with Gasteiger partial charge < -0.3 is 9.47 Å². The lowest BCUT2D eigenvalue weighted by atomic mass is 9.96. The Morgan fingerprint density at radius 3 is 2.53 bits per heavy atom. The number of rotatable bonds is 3. The highest BCUT2D eigenvalue weighted by molar-refractivity contribution is 9.10. The first kappa shape index (κ1) is 18.9. The molecule has 0 amide bonds. The SMILES string of the molecule is COC(=O)c1ccc([C@@H]2Oc3ccccc3[C@H]3CC(c4ccc(Br)cc4)=NN32)cc1. The standard InChI is InChI=1S/C24H19BrN2O3/c1-29-24(28)17-8-6-16(7-9-17)23-27-21(19-4-2-3-5-22(19)30-23)14-20(26-27)15-10-12-18(25)13-11-15/h2-13,21,23H,14H2,1H3/t21-,23+/m1/s1. The van der Waals surface area contributed by atoms with Gasteiger partial charge >= 0.3 is 5.97 Å². The number of halogens is 1. The summed E-state index contributed by atoms with van der Waals surface area (Å²) in [5.74, 6) is 0.513. The molecule has 0 bridgehead atoms. The van der Waals surface area contributed by atoms with Crippen molar-refractivity contribution in [1.82, 2.24) is 5.01 Å². The third-order valence-corrected chi connectivity index (χ3v) is 6.02. The highest BCUT2D eigenvalue weighted by Gasteiger charge is 2.40. The first-order valence-corrected chi connectivity index (χ1v) is 10.5. The van der Waals surface area contributed by atoms with E-state index >= 15 is 0 Å². The smallest absolute Gasteiger partial charge is 0.337 e. The van der Waals surface area contributed by atoms with Crippen LogP contribution in [0.3, 0.4) is 0 Å². The summed E-state index contributed by atoms with van der Waals surface area (Å²) in [5.41, 5.74) is 4.71. The third-order valence-electron chi connectivity index (χ3n) is 5.49. The fourth-order valence-corrected chi connectivity index (χ4v) is 4.24. The van der Waals surface area contributed by atoms with Crippen molar-refractivity contribution in [1.29, 1.82) is 0 Å². The van der Waals surface area contributed by atoms with Crippen LogP contribution in [0.25, 0.3) is 0 Å². The molecule has 0 spiro atoms. The van der Waals surface area contributed by atoms with Crippen LogP contribution >= 0.6 is 15.9 Å². The van der Waals surface area contributed by atoms with Gasteiger partial charge in [0.1, 0.15) is 5.75 Å². The second-order valence-corrected chi connectivity index (χ2v) is 8.19. The van der Waals surface area contributed by atoms with Crippen molar-refractivity contribution >= 4 is 27.6 Å². The summed E-state index contributed by atoms with van der Waals surface area (Å²) < 4.78 is 12.2. The average molecular weight is 463 g/mol. The van der Waals surface area contributed by atoms with E-state index in [9.17, 15) is 4.79 Å². The number of methoxy groups -OCH3 is 1. The topological polar surface area (TPSA) is 51.1 Å². The molecule has 3 aromatic carbocycles. The van der Waals surface area contributed by atoms with Gasteiger partial charge in [-0.15, -0.1) is 0 Å². The number of ether oxygens (including phenoxy) is 2. The first-order valence-electron chi connectivity index (χ1n) is 9.69. The van der Waals surface area contributed by atoms with E-state index in [0.717, 1.165) is 39.0 Å². The Hall–Kier alpha value is -3.12. The summed E-state index contributed by atoms with van der Waals surface area (Å²) in [5, 5.41) is 6.99. The van der Waals surface area contributed by atoms with Crippen LogP contribution in [0, 0.1) is 0 Å². The molecule has 0 saturated heterocycles. The fourth-order valence-electron chi connectivity index (χ4n) is 3.97. The van der Waals surface area contributed by atoms with E-state index in [1.165, 1.54) is 7.11 Å². The summed E-state index contributed by atoms with van der Waals surface area (Å²) in [7, 11) is 1.38. The monoisotopic (exact) mass is 462 g/mol. The summed E-state index contributed by atoms with van der Waals surface area (Å²) in [6.45, 7) is 0. The minimum atomic E-state index is -0.371. The summed E-state index contributed by atoms with van der Waals surface area (Å²) in [6.07, 6.45) is 0.434. The van der Waals surface area contributed by atoms with E-state index in [-0.39, 0.29) is 18.2 Å². The van der Waals surface area contributed by atoms with Crippen molar-refractivity contribution in [2.24, 2.45) is 5.10 Å². The van der Waals surface area contributed by atoms with Crippen molar-refractivity contribution in [3.05, 3.63) is 99.5 Å². The summed E-state index contributed by atoms with van der Waals surface area (Å²) in [6, 6.07) is 23.7. The van der Waals surface area contributed by atoms with Gasteiger partial charge in [-0.25, -0.2) is 9.80 Å². The maximum atomic E-state index is 11.8. The number of carbonyl (C=O) groups is 1. The number of hydrogen-bond donors (Lipinski definition) is 0. The quantitative estimate of drug-likeness (QED) is 0.483. The lowest BCUT2D eigenvalue weighted by molar-refractivity contribution is -0.0190. The third kappa shape index (κ3) is 3.27. The summed E-state index contributed by atoms with van der Waals surface area (Å²) in [4.78, 5) is 11.8. The molecule has 0 aliphatic carbocycles. The van der Waals surface area contributed by atoms with Gasteiger partial charge in [0.2, 0.25) is 6.23 Å². The normalized spacial score (nSPS) is 19.4. The zero-order valence-corrected chi connectivity index (χ0v) is 17.9. The van der Waals surface area contributed by atoms with Crippen LogP contribution in [0.15, 0.2) is 82.4 Å². The van der Waals surface area contributed by atoms with E-state index < -0.39 is 0 Å². The molecule has 5 nitrogen and oxygen atoms in total. The van der Waals surface area contributed by atoms with Crippen molar-refractivity contribution in [3.8, 4) is 5.75 Å². The van der Waals surface area contributed by atoms with Gasteiger partial charge in [0.25, 0.3) is 0 Å². The fraction of sp³-hybridized carbons (Fsp3) is 0.167. The van der Waals surface area contributed by atoms with Gasteiger partial charge in [-0.3, -0.25) is 0 Å². The molecule has 0 unspecified atom stereocenters. The Balaban J connectivity index is 1.54. The number of esters is 1. The maximum Gasteiger partial charge on any atom is 0.337 e. The zero-order valence-electron chi connectivity index (χ0n) is 16.3. The van der Waals surface area contributed by atoms with E-state index in [1.807, 2.05) is 47.5 Å². The molecule has 2 aliphatic rings. The van der Waals surface area contributed by atoms with Gasteiger partial charge in [-0.05, 0) is 35.9 Å². The van der Waals surface area contributed by atoms with Crippen molar-refractivity contribution < 1.29 is 14.3 Å². The molecule has 150 valence electrons. The van der Waals surface area contributed by atoms with E-state index in [0.29, 0.717) is 5.56 Å². The number of carbonyl (C=O) groups excluding carboxylic acids is 1. The highest BCUT2D eigenvalue weighted by Crippen LogP contribution is 2.47. The van der Waals surface area contributed by atoms with E-state index in [2.05, 4.69) is 34.1 Å². The Morgan fingerprint density at radius 2 is 1.80 bits per heavy atom. The van der Waals surface area contributed by atoms with Crippen LogP contribution in [0.1, 0.15) is 45.7 Å². The second-order valence-electron chi connectivity index (χ2n) is 7.28. The number of nitrogens with zero attached hydrogens (tertiary/aromatic N) is 2. The predicted molar refractivity (Wildman–Crippen MR) is 117 cm³/mol.